The van der Waals surface area contributed by atoms with E-state index in [1.807, 2.05) is 42.2 Å². The Morgan fingerprint density at radius 1 is 1.38 bits per heavy atom. The van der Waals surface area contributed by atoms with Gasteiger partial charge in [0.2, 0.25) is 0 Å². The summed E-state index contributed by atoms with van der Waals surface area (Å²) in [6, 6.07) is 10.0. The first-order chi connectivity index (χ1) is 10.1. The first-order valence-corrected chi connectivity index (χ1v) is 7.59. The summed E-state index contributed by atoms with van der Waals surface area (Å²) in [4.78, 5) is 15.4. The Bertz CT molecular complexity index is 788. The molecule has 0 saturated heterocycles. The van der Waals surface area contributed by atoms with Crippen LogP contribution in [0.1, 0.15) is 16.1 Å². The average Bonchev–Trinajstić information content (AvgIpc) is 3.02. The minimum absolute atomic E-state index is 0.0527. The third kappa shape index (κ3) is 2.88. The molecule has 2 aromatic heterocycles. The van der Waals surface area contributed by atoms with Crippen LogP contribution < -0.4 is 5.32 Å². The minimum Gasteiger partial charge on any atom is -0.361 e. The first kappa shape index (κ1) is 13.9. The Labute approximate surface area is 131 Å². The molecule has 0 bridgehead atoms. The summed E-state index contributed by atoms with van der Waals surface area (Å²) >= 11 is 3.37. The highest BCUT2D eigenvalue weighted by molar-refractivity contribution is 9.10. The van der Waals surface area contributed by atoms with Crippen molar-refractivity contribution >= 4 is 32.7 Å². The van der Waals surface area contributed by atoms with Gasteiger partial charge < -0.3 is 14.9 Å². The molecule has 1 aromatic carbocycles. The molecule has 3 aromatic rings. The molecule has 5 heteroatoms. The second-order valence-electron chi connectivity index (χ2n) is 5.02. The van der Waals surface area contributed by atoms with Crippen LogP contribution in [0.4, 0.5) is 0 Å². The van der Waals surface area contributed by atoms with E-state index in [0.29, 0.717) is 12.2 Å². The predicted octanol–water partition coefficient (Wildman–Crippen LogP) is 3.24. The van der Waals surface area contributed by atoms with Crippen LogP contribution in [0.5, 0.6) is 0 Å². The molecule has 108 valence electrons. The van der Waals surface area contributed by atoms with Gasteiger partial charge in [-0.1, -0.05) is 18.2 Å². The predicted molar refractivity (Wildman–Crippen MR) is 87.4 cm³/mol. The quantitative estimate of drug-likeness (QED) is 0.749. The van der Waals surface area contributed by atoms with E-state index in [0.717, 1.165) is 16.4 Å². The third-order valence-electron chi connectivity index (χ3n) is 3.56. The number of fused-ring (bicyclic) bond motifs is 1. The second-order valence-corrected chi connectivity index (χ2v) is 5.94. The highest BCUT2D eigenvalue weighted by Crippen LogP contribution is 2.18. The fourth-order valence-corrected chi connectivity index (χ4v) is 3.01. The lowest BCUT2D eigenvalue weighted by molar-refractivity contribution is 0.0946. The van der Waals surface area contributed by atoms with Gasteiger partial charge >= 0.3 is 0 Å². The number of benzene rings is 1. The van der Waals surface area contributed by atoms with Gasteiger partial charge in [-0.25, -0.2) is 0 Å². The zero-order chi connectivity index (χ0) is 14.8. The van der Waals surface area contributed by atoms with E-state index in [1.165, 1.54) is 10.9 Å². The molecular formula is C16H16BrN3O. The SMILES string of the molecule is Cn1cc(Br)cc1C(=O)NCCc1c[nH]c2ccccc12. The van der Waals surface area contributed by atoms with Gasteiger partial charge in [-0.3, -0.25) is 4.79 Å². The molecule has 0 saturated carbocycles. The molecular weight excluding hydrogens is 330 g/mol. The lowest BCUT2D eigenvalue weighted by Gasteiger charge is -2.05. The van der Waals surface area contributed by atoms with Crippen molar-refractivity contribution in [1.29, 1.82) is 0 Å². The maximum Gasteiger partial charge on any atom is 0.267 e. The van der Waals surface area contributed by atoms with Crippen LogP contribution in [0.3, 0.4) is 0 Å². The first-order valence-electron chi connectivity index (χ1n) is 6.80. The Kier molecular flexibility index (Phi) is 3.84. The zero-order valence-corrected chi connectivity index (χ0v) is 13.3. The fraction of sp³-hybridized carbons (Fsp3) is 0.188. The number of aromatic amines is 1. The van der Waals surface area contributed by atoms with Crippen molar-refractivity contribution in [3.8, 4) is 0 Å². The van der Waals surface area contributed by atoms with Crippen molar-refractivity contribution in [3.05, 3.63) is 58.5 Å². The van der Waals surface area contributed by atoms with Crippen molar-refractivity contribution in [3.63, 3.8) is 0 Å². The van der Waals surface area contributed by atoms with Gasteiger partial charge in [-0.2, -0.15) is 0 Å². The number of hydrogen-bond donors (Lipinski definition) is 2. The number of nitrogens with zero attached hydrogens (tertiary/aromatic N) is 1. The molecule has 0 atom stereocenters. The number of rotatable bonds is 4. The molecule has 0 radical (unpaired) electrons. The standard InChI is InChI=1S/C16H16BrN3O/c1-20-10-12(17)8-15(20)16(21)18-7-6-11-9-19-14-5-3-2-4-13(11)14/h2-5,8-10,19H,6-7H2,1H3,(H,18,21). The molecule has 4 nitrogen and oxygen atoms in total. The minimum atomic E-state index is -0.0527. The number of carbonyl (C=O) groups is 1. The Hall–Kier alpha value is -2.01. The summed E-state index contributed by atoms with van der Waals surface area (Å²) in [6.07, 6.45) is 4.69. The summed E-state index contributed by atoms with van der Waals surface area (Å²) in [5.41, 5.74) is 3.00. The summed E-state index contributed by atoms with van der Waals surface area (Å²) in [5, 5.41) is 4.18. The van der Waals surface area contributed by atoms with Gasteiger partial charge in [0.15, 0.2) is 0 Å². The summed E-state index contributed by atoms with van der Waals surface area (Å²) in [5.74, 6) is -0.0527. The topological polar surface area (TPSA) is 49.8 Å². The molecule has 0 aliphatic rings. The van der Waals surface area contributed by atoms with Crippen LogP contribution >= 0.6 is 15.9 Å². The van der Waals surface area contributed by atoms with Crippen LogP contribution in [0.2, 0.25) is 0 Å². The van der Waals surface area contributed by atoms with Crippen LogP contribution in [-0.2, 0) is 13.5 Å². The number of aryl methyl sites for hydroxylation is 1. The van der Waals surface area contributed by atoms with Crippen LogP contribution in [0, 0.1) is 0 Å². The molecule has 2 N–H and O–H groups in total. The van der Waals surface area contributed by atoms with Crippen molar-refractivity contribution < 1.29 is 4.79 Å². The van der Waals surface area contributed by atoms with Crippen LogP contribution in [-0.4, -0.2) is 22.0 Å². The van der Waals surface area contributed by atoms with Gasteiger partial charge in [0.05, 0.1) is 0 Å². The molecule has 2 heterocycles. The third-order valence-corrected chi connectivity index (χ3v) is 3.99. The maximum absolute atomic E-state index is 12.1. The number of nitrogens with one attached hydrogen (secondary N) is 2. The highest BCUT2D eigenvalue weighted by atomic mass is 79.9. The van der Waals surface area contributed by atoms with Crippen molar-refractivity contribution in [2.45, 2.75) is 6.42 Å². The summed E-state index contributed by atoms with van der Waals surface area (Å²) < 4.78 is 2.72. The lowest BCUT2D eigenvalue weighted by Crippen LogP contribution is -2.27. The molecule has 0 spiro atoms. The Balaban J connectivity index is 1.64. The number of halogens is 1. The van der Waals surface area contributed by atoms with E-state index < -0.39 is 0 Å². The molecule has 0 aliphatic heterocycles. The fourth-order valence-electron chi connectivity index (χ4n) is 2.49. The van der Waals surface area contributed by atoms with Crippen LogP contribution in [0.25, 0.3) is 10.9 Å². The maximum atomic E-state index is 12.1. The van der Waals surface area contributed by atoms with Gasteiger partial charge in [-0.05, 0) is 40.0 Å². The number of carbonyl (C=O) groups excluding carboxylic acids is 1. The second kappa shape index (κ2) is 5.77. The number of hydrogen-bond acceptors (Lipinski definition) is 1. The van der Waals surface area contributed by atoms with Crippen molar-refractivity contribution in [1.82, 2.24) is 14.9 Å². The van der Waals surface area contributed by atoms with Gasteiger partial charge in [0.25, 0.3) is 5.91 Å². The van der Waals surface area contributed by atoms with E-state index >= 15 is 0 Å². The largest absolute Gasteiger partial charge is 0.361 e. The highest BCUT2D eigenvalue weighted by Gasteiger charge is 2.10. The number of amides is 1. The van der Waals surface area contributed by atoms with Crippen molar-refractivity contribution in [2.24, 2.45) is 7.05 Å². The Morgan fingerprint density at radius 3 is 2.95 bits per heavy atom. The molecule has 21 heavy (non-hydrogen) atoms. The van der Waals surface area contributed by atoms with E-state index in [4.69, 9.17) is 0 Å². The Morgan fingerprint density at radius 2 is 2.19 bits per heavy atom. The molecule has 0 aliphatic carbocycles. The van der Waals surface area contributed by atoms with Gasteiger partial charge in [-0.15, -0.1) is 0 Å². The number of H-pyrrole nitrogens is 1. The summed E-state index contributed by atoms with van der Waals surface area (Å²) in [7, 11) is 1.86. The van der Waals surface area contributed by atoms with Crippen LogP contribution in [0.15, 0.2) is 47.2 Å². The smallest absolute Gasteiger partial charge is 0.267 e. The van der Waals surface area contributed by atoms with E-state index in [1.54, 1.807) is 0 Å². The number of aromatic nitrogens is 2. The van der Waals surface area contributed by atoms with E-state index in [9.17, 15) is 4.79 Å². The summed E-state index contributed by atoms with van der Waals surface area (Å²) in [6.45, 7) is 0.615. The van der Waals surface area contributed by atoms with E-state index in [-0.39, 0.29) is 5.91 Å². The molecule has 0 fully saturated rings. The normalized spacial score (nSPS) is 11.0. The monoisotopic (exact) mass is 345 g/mol. The average molecular weight is 346 g/mol. The number of para-hydroxylation sites is 1. The molecule has 0 unspecified atom stereocenters. The van der Waals surface area contributed by atoms with E-state index in [2.05, 4.69) is 38.4 Å². The molecule has 1 amide bonds. The molecule has 3 rings (SSSR count). The van der Waals surface area contributed by atoms with Gasteiger partial charge in [0.1, 0.15) is 5.69 Å². The lowest BCUT2D eigenvalue weighted by atomic mass is 10.1. The van der Waals surface area contributed by atoms with Gasteiger partial charge in [0, 0.05) is 41.4 Å². The van der Waals surface area contributed by atoms with Crippen molar-refractivity contribution in [2.75, 3.05) is 6.54 Å². The zero-order valence-electron chi connectivity index (χ0n) is 11.7.